The number of carbonyl (C=O) groups excluding carboxylic acids is 4. The maximum absolute atomic E-state index is 13.4. The molecule has 168 valence electrons. The molecule has 1 saturated heterocycles. The van der Waals surface area contributed by atoms with Crippen molar-refractivity contribution in [3.8, 4) is 0 Å². The van der Waals surface area contributed by atoms with Gasteiger partial charge in [-0.15, -0.1) is 0 Å². The van der Waals surface area contributed by atoms with Gasteiger partial charge in [0.2, 0.25) is 17.7 Å². The van der Waals surface area contributed by atoms with Gasteiger partial charge in [-0.3, -0.25) is 19.2 Å². The standard InChI is InChI=1S/C24H33N3O4/c1-16(28)25-17-10-12-19(13-11-17)27-21(29)14-20(23(27)31)26(18-8-6-5-7-9-18)22(30)15-24(2,3)4/h10-13,18,20H,5-9,14-15H2,1-4H3,(H,25,28). The summed E-state index contributed by atoms with van der Waals surface area (Å²) < 4.78 is 0. The minimum atomic E-state index is -0.750. The monoisotopic (exact) mass is 427 g/mol. The molecule has 2 aliphatic rings. The second-order valence-corrected chi connectivity index (χ2v) is 9.85. The van der Waals surface area contributed by atoms with Crippen molar-refractivity contribution in [1.29, 1.82) is 0 Å². The van der Waals surface area contributed by atoms with Crippen LogP contribution in [-0.4, -0.2) is 40.6 Å². The van der Waals surface area contributed by atoms with Crippen molar-refractivity contribution >= 4 is 35.0 Å². The summed E-state index contributed by atoms with van der Waals surface area (Å²) in [7, 11) is 0. The minimum Gasteiger partial charge on any atom is -0.327 e. The van der Waals surface area contributed by atoms with Gasteiger partial charge in [0.15, 0.2) is 0 Å². The van der Waals surface area contributed by atoms with Crippen LogP contribution in [0.4, 0.5) is 11.4 Å². The number of benzene rings is 1. The fourth-order valence-electron chi connectivity index (χ4n) is 4.54. The molecule has 4 amide bonds. The summed E-state index contributed by atoms with van der Waals surface area (Å²) in [6.45, 7) is 7.44. The zero-order valence-corrected chi connectivity index (χ0v) is 18.9. The smallest absolute Gasteiger partial charge is 0.257 e. The van der Waals surface area contributed by atoms with Crippen molar-refractivity contribution in [2.24, 2.45) is 5.41 Å². The summed E-state index contributed by atoms with van der Waals surface area (Å²) in [5.41, 5.74) is 0.851. The molecule has 1 aromatic carbocycles. The van der Waals surface area contributed by atoms with Gasteiger partial charge in [-0.05, 0) is 42.5 Å². The van der Waals surface area contributed by atoms with Gasteiger partial charge in [0.05, 0.1) is 12.1 Å². The molecule has 0 aromatic heterocycles. The van der Waals surface area contributed by atoms with Gasteiger partial charge < -0.3 is 10.2 Å². The topological polar surface area (TPSA) is 86.8 Å². The molecule has 0 spiro atoms. The Morgan fingerprint density at radius 3 is 2.23 bits per heavy atom. The Bertz CT molecular complexity index is 851. The lowest BCUT2D eigenvalue weighted by atomic mass is 9.88. The van der Waals surface area contributed by atoms with Crippen LogP contribution >= 0.6 is 0 Å². The maximum Gasteiger partial charge on any atom is 0.257 e. The van der Waals surface area contributed by atoms with E-state index in [0.717, 1.165) is 32.1 Å². The first-order valence-electron chi connectivity index (χ1n) is 11.1. The quantitative estimate of drug-likeness (QED) is 0.723. The van der Waals surface area contributed by atoms with Crippen LogP contribution in [0, 0.1) is 5.41 Å². The van der Waals surface area contributed by atoms with Crippen molar-refractivity contribution in [3.05, 3.63) is 24.3 Å². The third-order valence-corrected chi connectivity index (χ3v) is 5.84. The van der Waals surface area contributed by atoms with Crippen LogP contribution in [0.3, 0.4) is 0 Å². The van der Waals surface area contributed by atoms with E-state index in [1.807, 2.05) is 20.8 Å². The number of anilines is 2. The first-order chi connectivity index (χ1) is 14.6. The summed E-state index contributed by atoms with van der Waals surface area (Å²) in [6.07, 6.45) is 5.31. The van der Waals surface area contributed by atoms with Crippen LogP contribution in [0.1, 0.15) is 72.6 Å². The van der Waals surface area contributed by atoms with E-state index in [1.54, 1.807) is 29.2 Å². The number of hydrogen-bond acceptors (Lipinski definition) is 4. The number of imide groups is 1. The molecular weight excluding hydrogens is 394 g/mol. The average molecular weight is 428 g/mol. The van der Waals surface area contributed by atoms with Crippen molar-refractivity contribution in [2.45, 2.75) is 84.7 Å². The number of hydrogen-bond donors (Lipinski definition) is 1. The summed E-state index contributed by atoms with van der Waals surface area (Å²) in [5.74, 6) is -0.883. The van der Waals surface area contributed by atoms with Crippen molar-refractivity contribution < 1.29 is 19.2 Å². The Morgan fingerprint density at radius 2 is 1.68 bits per heavy atom. The summed E-state index contributed by atoms with van der Waals surface area (Å²) >= 11 is 0. The lowest BCUT2D eigenvalue weighted by Crippen LogP contribution is -2.52. The van der Waals surface area contributed by atoms with Gasteiger partial charge in [-0.25, -0.2) is 4.90 Å². The molecule has 1 aliphatic heterocycles. The zero-order chi connectivity index (χ0) is 22.8. The Balaban J connectivity index is 1.85. The van der Waals surface area contributed by atoms with Gasteiger partial charge in [-0.1, -0.05) is 40.0 Å². The van der Waals surface area contributed by atoms with Crippen LogP contribution in [0.25, 0.3) is 0 Å². The first-order valence-corrected chi connectivity index (χ1v) is 11.1. The fourth-order valence-corrected chi connectivity index (χ4v) is 4.54. The average Bonchev–Trinajstić information content (AvgIpc) is 2.96. The fraction of sp³-hybridized carbons (Fsp3) is 0.583. The summed E-state index contributed by atoms with van der Waals surface area (Å²) in [5, 5.41) is 2.67. The van der Waals surface area contributed by atoms with Gasteiger partial charge in [0, 0.05) is 25.1 Å². The second kappa shape index (κ2) is 9.20. The zero-order valence-electron chi connectivity index (χ0n) is 18.9. The second-order valence-electron chi connectivity index (χ2n) is 9.85. The van der Waals surface area contributed by atoms with Crippen LogP contribution in [0.5, 0.6) is 0 Å². The number of nitrogens with zero attached hydrogens (tertiary/aromatic N) is 2. The number of amides is 4. The number of rotatable bonds is 5. The third kappa shape index (κ3) is 5.51. The molecule has 1 N–H and O–H groups in total. The Hall–Kier alpha value is -2.70. The van der Waals surface area contributed by atoms with E-state index >= 15 is 0 Å². The highest BCUT2D eigenvalue weighted by Crippen LogP contribution is 2.33. The normalized spacial score (nSPS) is 20.1. The number of carbonyl (C=O) groups is 4. The van der Waals surface area contributed by atoms with Crippen molar-refractivity contribution in [2.75, 3.05) is 10.2 Å². The molecule has 2 fully saturated rings. The molecule has 1 atom stereocenters. The lowest BCUT2D eigenvalue weighted by Gasteiger charge is -2.38. The molecule has 1 aliphatic carbocycles. The molecule has 0 radical (unpaired) electrons. The lowest BCUT2D eigenvalue weighted by molar-refractivity contribution is -0.143. The summed E-state index contributed by atoms with van der Waals surface area (Å²) in [6, 6.07) is 5.87. The van der Waals surface area contributed by atoms with Crippen LogP contribution < -0.4 is 10.2 Å². The highest BCUT2D eigenvalue weighted by Gasteiger charge is 2.46. The van der Waals surface area contributed by atoms with E-state index in [0.29, 0.717) is 17.8 Å². The number of nitrogens with one attached hydrogen (secondary N) is 1. The van der Waals surface area contributed by atoms with E-state index < -0.39 is 6.04 Å². The van der Waals surface area contributed by atoms with Gasteiger partial charge >= 0.3 is 0 Å². The molecule has 31 heavy (non-hydrogen) atoms. The molecule has 1 heterocycles. The van der Waals surface area contributed by atoms with Crippen LogP contribution in [0.15, 0.2) is 24.3 Å². The maximum atomic E-state index is 13.4. The largest absolute Gasteiger partial charge is 0.327 e. The highest BCUT2D eigenvalue weighted by molar-refractivity contribution is 6.23. The van der Waals surface area contributed by atoms with E-state index in [4.69, 9.17) is 0 Å². The Kier molecular flexibility index (Phi) is 6.82. The van der Waals surface area contributed by atoms with E-state index in [-0.39, 0.29) is 41.5 Å². The van der Waals surface area contributed by atoms with Gasteiger partial charge in [-0.2, -0.15) is 0 Å². The van der Waals surface area contributed by atoms with E-state index in [2.05, 4.69) is 5.32 Å². The van der Waals surface area contributed by atoms with Gasteiger partial charge in [0.1, 0.15) is 6.04 Å². The predicted octanol–water partition coefficient (Wildman–Crippen LogP) is 3.87. The molecule has 1 unspecified atom stereocenters. The van der Waals surface area contributed by atoms with Gasteiger partial charge in [0.25, 0.3) is 5.91 Å². The first kappa shape index (κ1) is 23.0. The Labute approximate surface area is 184 Å². The molecule has 0 bridgehead atoms. The molecule has 1 saturated carbocycles. The molecule has 1 aromatic rings. The van der Waals surface area contributed by atoms with Crippen molar-refractivity contribution in [3.63, 3.8) is 0 Å². The SMILES string of the molecule is CC(=O)Nc1ccc(N2C(=O)CC(N(C(=O)CC(C)(C)C)C3CCCCC3)C2=O)cc1. The molecule has 3 rings (SSSR count). The predicted molar refractivity (Wildman–Crippen MR) is 119 cm³/mol. The van der Waals surface area contributed by atoms with Crippen LogP contribution in [0.2, 0.25) is 0 Å². The molecule has 7 nitrogen and oxygen atoms in total. The molecule has 7 heteroatoms. The van der Waals surface area contributed by atoms with E-state index in [9.17, 15) is 19.2 Å². The summed E-state index contributed by atoms with van der Waals surface area (Å²) in [4.78, 5) is 53.7. The molecular formula is C24H33N3O4. The Morgan fingerprint density at radius 1 is 1.06 bits per heavy atom. The van der Waals surface area contributed by atoms with E-state index in [1.165, 1.54) is 11.8 Å². The minimum absolute atomic E-state index is 0.00689. The van der Waals surface area contributed by atoms with Crippen molar-refractivity contribution in [1.82, 2.24) is 4.90 Å². The third-order valence-electron chi connectivity index (χ3n) is 5.84. The highest BCUT2D eigenvalue weighted by atomic mass is 16.2. The van der Waals surface area contributed by atoms with Crippen LogP contribution in [-0.2, 0) is 19.2 Å².